The summed E-state index contributed by atoms with van der Waals surface area (Å²) in [5, 5.41) is 13.7. The van der Waals surface area contributed by atoms with E-state index in [0.29, 0.717) is 23.0 Å². The summed E-state index contributed by atoms with van der Waals surface area (Å²) >= 11 is 1.64. The van der Waals surface area contributed by atoms with E-state index in [-0.39, 0.29) is 5.75 Å². The third kappa shape index (κ3) is 2.83. The van der Waals surface area contributed by atoms with Crippen LogP contribution in [-0.2, 0) is 5.75 Å². The van der Waals surface area contributed by atoms with Gasteiger partial charge in [0, 0.05) is 4.90 Å². The Balaban J connectivity index is 1.73. The van der Waals surface area contributed by atoms with E-state index in [1.54, 1.807) is 30.0 Å². The van der Waals surface area contributed by atoms with Crippen molar-refractivity contribution in [3.05, 3.63) is 60.4 Å². The Morgan fingerprint density at radius 2 is 1.75 bits per heavy atom. The number of phenols is 1. The van der Waals surface area contributed by atoms with Crippen molar-refractivity contribution >= 4 is 11.8 Å². The van der Waals surface area contributed by atoms with Crippen LogP contribution in [0.2, 0.25) is 0 Å². The second-order valence-electron chi connectivity index (χ2n) is 4.13. The average Bonchev–Trinajstić information content (AvgIpc) is 2.95. The second kappa shape index (κ2) is 5.79. The number of aromatic nitrogens is 2. The number of thioether (sulfide) groups is 1. The number of para-hydroxylation sites is 1. The van der Waals surface area contributed by atoms with Gasteiger partial charge in [-0.15, -0.1) is 11.8 Å². The van der Waals surface area contributed by atoms with Gasteiger partial charge in [0.1, 0.15) is 5.75 Å². The van der Waals surface area contributed by atoms with Crippen LogP contribution in [0.5, 0.6) is 5.75 Å². The molecule has 0 saturated carbocycles. The first-order valence-corrected chi connectivity index (χ1v) is 7.10. The van der Waals surface area contributed by atoms with Crippen molar-refractivity contribution in [1.82, 2.24) is 10.1 Å². The van der Waals surface area contributed by atoms with Crippen LogP contribution in [0.25, 0.3) is 11.5 Å². The standard InChI is InChI=1S/C15H12N2O2S/c18-13-9-5-4-8-12(13)15-16-14(17-19-15)10-20-11-6-2-1-3-7-11/h1-9,18H,10H2. The number of nitrogens with zero attached hydrogens (tertiary/aromatic N) is 2. The number of rotatable bonds is 4. The molecule has 0 aliphatic carbocycles. The lowest BCUT2D eigenvalue weighted by molar-refractivity contribution is 0.419. The molecule has 0 aliphatic rings. The summed E-state index contributed by atoms with van der Waals surface area (Å²) in [6, 6.07) is 16.9. The zero-order valence-electron chi connectivity index (χ0n) is 10.6. The van der Waals surface area contributed by atoms with Gasteiger partial charge in [0.25, 0.3) is 5.89 Å². The van der Waals surface area contributed by atoms with Gasteiger partial charge in [-0.2, -0.15) is 4.98 Å². The molecule has 1 aromatic heterocycles. The van der Waals surface area contributed by atoms with Gasteiger partial charge in [0.05, 0.1) is 11.3 Å². The maximum atomic E-state index is 9.75. The van der Waals surface area contributed by atoms with Crippen molar-refractivity contribution in [3.63, 3.8) is 0 Å². The van der Waals surface area contributed by atoms with Crippen LogP contribution in [0.15, 0.2) is 64.0 Å². The molecule has 0 aliphatic heterocycles. The summed E-state index contributed by atoms with van der Waals surface area (Å²) in [6.45, 7) is 0. The summed E-state index contributed by atoms with van der Waals surface area (Å²) in [5.74, 6) is 1.71. The molecule has 4 nitrogen and oxygen atoms in total. The van der Waals surface area contributed by atoms with E-state index in [9.17, 15) is 5.11 Å². The summed E-state index contributed by atoms with van der Waals surface area (Å²) in [6.07, 6.45) is 0. The molecule has 3 rings (SSSR count). The Morgan fingerprint density at radius 1 is 1.00 bits per heavy atom. The van der Waals surface area contributed by atoms with Gasteiger partial charge in [-0.05, 0) is 24.3 Å². The molecule has 0 saturated heterocycles. The minimum atomic E-state index is 0.137. The van der Waals surface area contributed by atoms with E-state index in [4.69, 9.17) is 4.52 Å². The van der Waals surface area contributed by atoms with Crippen molar-refractivity contribution in [2.75, 3.05) is 0 Å². The Kier molecular flexibility index (Phi) is 3.69. The van der Waals surface area contributed by atoms with Crippen molar-refractivity contribution in [2.24, 2.45) is 0 Å². The number of benzene rings is 2. The van der Waals surface area contributed by atoms with Gasteiger partial charge in [-0.1, -0.05) is 35.5 Å². The number of phenolic OH excluding ortho intramolecular Hbond substituents is 1. The average molecular weight is 284 g/mol. The quantitative estimate of drug-likeness (QED) is 0.740. The monoisotopic (exact) mass is 284 g/mol. The lowest BCUT2D eigenvalue weighted by atomic mass is 10.2. The molecule has 0 unspecified atom stereocenters. The topological polar surface area (TPSA) is 59.2 Å². The van der Waals surface area contributed by atoms with E-state index in [1.165, 1.54) is 0 Å². The largest absolute Gasteiger partial charge is 0.507 e. The maximum absolute atomic E-state index is 9.75. The minimum absolute atomic E-state index is 0.137. The Morgan fingerprint density at radius 3 is 2.55 bits per heavy atom. The van der Waals surface area contributed by atoms with E-state index in [2.05, 4.69) is 10.1 Å². The molecule has 20 heavy (non-hydrogen) atoms. The molecule has 5 heteroatoms. The second-order valence-corrected chi connectivity index (χ2v) is 5.18. The first-order chi connectivity index (χ1) is 9.83. The molecular formula is C15H12N2O2S. The van der Waals surface area contributed by atoms with Gasteiger partial charge >= 0.3 is 0 Å². The maximum Gasteiger partial charge on any atom is 0.261 e. The zero-order chi connectivity index (χ0) is 13.8. The van der Waals surface area contributed by atoms with Crippen LogP contribution in [-0.4, -0.2) is 15.2 Å². The Bertz CT molecular complexity index is 698. The smallest absolute Gasteiger partial charge is 0.261 e. The summed E-state index contributed by atoms with van der Waals surface area (Å²) in [4.78, 5) is 5.45. The molecule has 0 atom stereocenters. The highest BCUT2D eigenvalue weighted by Gasteiger charge is 2.12. The Labute approximate surface area is 120 Å². The molecule has 2 aromatic carbocycles. The van der Waals surface area contributed by atoms with Crippen LogP contribution in [0, 0.1) is 0 Å². The molecule has 0 amide bonds. The first kappa shape index (κ1) is 12.7. The summed E-state index contributed by atoms with van der Waals surface area (Å²) in [7, 11) is 0. The fraction of sp³-hybridized carbons (Fsp3) is 0.0667. The highest BCUT2D eigenvalue weighted by Crippen LogP contribution is 2.28. The summed E-state index contributed by atoms with van der Waals surface area (Å²) < 4.78 is 5.19. The fourth-order valence-corrected chi connectivity index (χ4v) is 2.50. The van der Waals surface area contributed by atoms with Crippen molar-refractivity contribution < 1.29 is 9.63 Å². The molecule has 1 heterocycles. The number of hydrogen-bond donors (Lipinski definition) is 1. The molecule has 0 bridgehead atoms. The van der Waals surface area contributed by atoms with Crippen LogP contribution < -0.4 is 0 Å². The minimum Gasteiger partial charge on any atom is -0.507 e. The molecular weight excluding hydrogens is 272 g/mol. The lowest BCUT2D eigenvalue weighted by Crippen LogP contribution is -1.84. The van der Waals surface area contributed by atoms with E-state index >= 15 is 0 Å². The van der Waals surface area contributed by atoms with Crippen LogP contribution in [0.3, 0.4) is 0 Å². The van der Waals surface area contributed by atoms with Gasteiger partial charge in [0.2, 0.25) is 0 Å². The fourth-order valence-electron chi connectivity index (χ4n) is 1.74. The molecule has 0 radical (unpaired) electrons. The highest BCUT2D eigenvalue weighted by atomic mass is 32.2. The lowest BCUT2D eigenvalue weighted by Gasteiger charge is -1.97. The number of hydrogen-bond acceptors (Lipinski definition) is 5. The zero-order valence-corrected chi connectivity index (χ0v) is 11.4. The molecule has 100 valence electrons. The first-order valence-electron chi connectivity index (χ1n) is 6.12. The predicted octanol–water partition coefficient (Wildman–Crippen LogP) is 3.73. The van der Waals surface area contributed by atoms with E-state index in [1.807, 2.05) is 36.4 Å². The third-order valence-electron chi connectivity index (χ3n) is 2.71. The molecule has 3 aromatic rings. The molecule has 1 N–H and O–H groups in total. The van der Waals surface area contributed by atoms with Crippen LogP contribution >= 0.6 is 11.8 Å². The normalized spacial score (nSPS) is 10.6. The highest BCUT2D eigenvalue weighted by molar-refractivity contribution is 7.98. The SMILES string of the molecule is Oc1ccccc1-c1nc(CSc2ccccc2)no1. The predicted molar refractivity (Wildman–Crippen MR) is 77.4 cm³/mol. The van der Waals surface area contributed by atoms with Gasteiger partial charge in [-0.25, -0.2) is 0 Å². The number of aromatic hydroxyl groups is 1. The van der Waals surface area contributed by atoms with Gasteiger partial charge < -0.3 is 9.63 Å². The van der Waals surface area contributed by atoms with Crippen LogP contribution in [0.4, 0.5) is 0 Å². The molecule has 0 fully saturated rings. The van der Waals surface area contributed by atoms with Crippen molar-refractivity contribution in [3.8, 4) is 17.2 Å². The molecule has 0 spiro atoms. The van der Waals surface area contributed by atoms with E-state index in [0.717, 1.165) is 4.90 Å². The van der Waals surface area contributed by atoms with Crippen LogP contribution in [0.1, 0.15) is 5.82 Å². The summed E-state index contributed by atoms with van der Waals surface area (Å²) in [5.41, 5.74) is 0.552. The van der Waals surface area contributed by atoms with Gasteiger partial charge in [0.15, 0.2) is 5.82 Å². The van der Waals surface area contributed by atoms with Crippen molar-refractivity contribution in [2.45, 2.75) is 10.6 Å². The van der Waals surface area contributed by atoms with Crippen molar-refractivity contribution in [1.29, 1.82) is 0 Å². The Hall–Kier alpha value is -2.27. The third-order valence-corrected chi connectivity index (χ3v) is 3.72. The van der Waals surface area contributed by atoms with Gasteiger partial charge in [-0.3, -0.25) is 0 Å². The van der Waals surface area contributed by atoms with E-state index < -0.39 is 0 Å².